The highest BCUT2D eigenvalue weighted by atomic mass is 127. The highest BCUT2D eigenvalue weighted by molar-refractivity contribution is 14.1. The first-order chi connectivity index (χ1) is 6.31. The van der Waals surface area contributed by atoms with Gasteiger partial charge in [0, 0.05) is 19.1 Å². The third-order valence-electron chi connectivity index (χ3n) is 2.26. The number of anilines is 2. The molecule has 0 spiro atoms. The molecule has 1 heterocycles. The summed E-state index contributed by atoms with van der Waals surface area (Å²) < 4.78 is 3.15. The predicted molar refractivity (Wildman–Crippen MR) is 64.3 cm³/mol. The minimum absolute atomic E-state index is 0.349. The molecule has 1 fully saturated rings. The molecule has 0 radical (unpaired) electrons. The molecule has 0 unspecified atom stereocenters. The number of nitrogens with one attached hydrogen (secondary N) is 1. The topological polar surface area (TPSA) is 41.3 Å². The highest BCUT2D eigenvalue weighted by Crippen LogP contribution is 2.29. The lowest BCUT2D eigenvalue weighted by atomic mass is 10.1. The molecule has 0 bridgehead atoms. The van der Waals surface area contributed by atoms with Crippen molar-refractivity contribution >= 4 is 34.2 Å². The second kappa shape index (κ2) is 3.71. The van der Waals surface area contributed by atoms with Crippen molar-refractivity contribution in [2.75, 3.05) is 21.5 Å². The first-order valence-electron chi connectivity index (χ1n) is 4.27. The molecule has 1 aromatic rings. The van der Waals surface area contributed by atoms with E-state index in [9.17, 15) is 0 Å². The van der Waals surface area contributed by atoms with Crippen LogP contribution in [-0.4, -0.2) is 19.1 Å². The van der Waals surface area contributed by atoms with Gasteiger partial charge in [-0.25, -0.2) is 0 Å². The quantitative estimate of drug-likeness (QED) is 0.642. The van der Waals surface area contributed by atoms with E-state index >= 15 is 0 Å². The van der Waals surface area contributed by atoms with Crippen molar-refractivity contribution in [1.82, 2.24) is 0 Å². The Morgan fingerprint density at radius 1 is 1.38 bits per heavy atom. The molecule has 0 aliphatic carbocycles. The summed E-state index contributed by atoms with van der Waals surface area (Å²) >= 11 is 2.15. The van der Waals surface area contributed by atoms with Gasteiger partial charge in [0.2, 0.25) is 0 Å². The fraction of sp³-hybridized carbons (Fsp3) is 0.333. The van der Waals surface area contributed by atoms with Crippen LogP contribution >= 0.6 is 22.9 Å². The Balaban J connectivity index is 2.19. The Morgan fingerprint density at radius 2 is 2.08 bits per heavy atom. The Labute approximate surface area is 91.8 Å². The van der Waals surface area contributed by atoms with Crippen LogP contribution in [0.1, 0.15) is 0 Å². The summed E-state index contributed by atoms with van der Waals surface area (Å²) in [6, 6.07) is 8.63. The third kappa shape index (κ3) is 1.73. The molecule has 0 amide bonds. The Morgan fingerprint density at radius 3 is 2.69 bits per heavy atom. The van der Waals surface area contributed by atoms with Gasteiger partial charge in [-0.2, -0.15) is 0 Å². The Hall–Kier alpha value is -0.490. The van der Waals surface area contributed by atoms with Crippen molar-refractivity contribution in [2.45, 2.75) is 6.04 Å². The van der Waals surface area contributed by atoms with Crippen molar-refractivity contribution in [1.29, 1.82) is 0 Å². The van der Waals surface area contributed by atoms with Crippen molar-refractivity contribution < 1.29 is 0 Å². The number of hydrogen-bond acceptors (Lipinski definition) is 3. The second-order valence-electron chi connectivity index (χ2n) is 3.28. The van der Waals surface area contributed by atoms with Crippen LogP contribution in [0.5, 0.6) is 0 Å². The molecule has 0 saturated carbocycles. The molecular weight excluding hydrogens is 277 g/mol. The van der Waals surface area contributed by atoms with Crippen LogP contribution in [0.25, 0.3) is 0 Å². The summed E-state index contributed by atoms with van der Waals surface area (Å²) in [5.41, 5.74) is 8.14. The standard InChI is InChI=1S/C9H12IN3/c10-12-8-3-1-2-4-9(8)13-5-7(11)6-13/h1-4,7,12H,5-6,11H2. The van der Waals surface area contributed by atoms with Crippen LogP contribution in [0.2, 0.25) is 0 Å². The Bertz CT molecular complexity index is 297. The van der Waals surface area contributed by atoms with Crippen molar-refractivity contribution in [2.24, 2.45) is 5.73 Å². The van der Waals surface area contributed by atoms with Crippen LogP contribution in [0, 0.1) is 0 Å². The normalized spacial score (nSPS) is 16.9. The first kappa shape index (κ1) is 9.08. The Kier molecular flexibility index (Phi) is 2.59. The molecular formula is C9H12IN3. The van der Waals surface area contributed by atoms with E-state index in [2.05, 4.69) is 49.5 Å². The maximum absolute atomic E-state index is 5.73. The minimum atomic E-state index is 0.349. The van der Waals surface area contributed by atoms with Gasteiger partial charge < -0.3 is 14.2 Å². The molecule has 70 valence electrons. The molecule has 1 aliphatic rings. The van der Waals surface area contributed by atoms with E-state index in [4.69, 9.17) is 5.73 Å². The fourth-order valence-electron chi connectivity index (χ4n) is 1.54. The number of para-hydroxylation sites is 2. The van der Waals surface area contributed by atoms with Crippen LogP contribution in [0.15, 0.2) is 24.3 Å². The maximum Gasteiger partial charge on any atom is 0.0664 e. The van der Waals surface area contributed by atoms with Gasteiger partial charge in [-0.15, -0.1) is 0 Å². The van der Waals surface area contributed by atoms with E-state index in [0.717, 1.165) is 18.8 Å². The number of rotatable bonds is 2. The average molecular weight is 289 g/mol. The van der Waals surface area contributed by atoms with Crippen molar-refractivity contribution in [3.8, 4) is 0 Å². The summed E-state index contributed by atoms with van der Waals surface area (Å²) in [5.74, 6) is 0. The first-order valence-corrected chi connectivity index (χ1v) is 5.35. The molecule has 2 rings (SSSR count). The van der Waals surface area contributed by atoms with Crippen LogP contribution < -0.4 is 14.2 Å². The van der Waals surface area contributed by atoms with Crippen molar-refractivity contribution in [3.05, 3.63) is 24.3 Å². The van der Waals surface area contributed by atoms with Gasteiger partial charge in [-0.05, 0) is 12.1 Å². The van der Waals surface area contributed by atoms with Gasteiger partial charge in [0.1, 0.15) is 0 Å². The van der Waals surface area contributed by atoms with Crippen molar-refractivity contribution in [3.63, 3.8) is 0 Å². The molecule has 1 aliphatic heterocycles. The molecule has 0 aromatic heterocycles. The SMILES string of the molecule is NC1CN(c2ccccc2NI)C1. The molecule has 3 nitrogen and oxygen atoms in total. The smallest absolute Gasteiger partial charge is 0.0664 e. The monoisotopic (exact) mass is 289 g/mol. The van der Waals surface area contributed by atoms with E-state index in [0.29, 0.717) is 6.04 Å². The van der Waals surface area contributed by atoms with Crippen LogP contribution in [0.3, 0.4) is 0 Å². The predicted octanol–water partition coefficient (Wildman–Crippen LogP) is 1.60. The van der Waals surface area contributed by atoms with E-state index in [1.54, 1.807) is 0 Å². The van der Waals surface area contributed by atoms with E-state index in [1.165, 1.54) is 5.69 Å². The third-order valence-corrected chi connectivity index (χ3v) is 2.84. The highest BCUT2D eigenvalue weighted by Gasteiger charge is 2.24. The van der Waals surface area contributed by atoms with E-state index in [1.807, 2.05) is 6.07 Å². The molecule has 13 heavy (non-hydrogen) atoms. The van der Waals surface area contributed by atoms with Gasteiger partial charge in [0.05, 0.1) is 34.2 Å². The minimum Gasteiger partial charge on any atom is -0.367 e. The van der Waals surface area contributed by atoms with Crippen LogP contribution in [0.4, 0.5) is 11.4 Å². The van der Waals surface area contributed by atoms with Gasteiger partial charge in [0.25, 0.3) is 0 Å². The van der Waals surface area contributed by atoms with E-state index in [-0.39, 0.29) is 0 Å². The zero-order valence-corrected chi connectivity index (χ0v) is 9.36. The fourth-order valence-corrected chi connectivity index (χ4v) is 1.99. The number of halogens is 1. The zero-order valence-electron chi connectivity index (χ0n) is 7.20. The molecule has 1 saturated heterocycles. The number of benzene rings is 1. The maximum atomic E-state index is 5.73. The number of nitrogens with zero attached hydrogens (tertiary/aromatic N) is 1. The summed E-state index contributed by atoms with van der Waals surface area (Å²) in [5, 5.41) is 0. The lowest BCUT2D eigenvalue weighted by Gasteiger charge is -2.39. The number of nitrogens with two attached hydrogens (primary N) is 1. The van der Waals surface area contributed by atoms with Gasteiger partial charge in [-0.3, -0.25) is 0 Å². The van der Waals surface area contributed by atoms with Gasteiger partial charge >= 0.3 is 0 Å². The number of hydrogen-bond donors (Lipinski definition) is 2. The second-order valence-corrected chi connectivity index (χ2v) is 3.82. The lowest BCUT2D eigenvalue weighted by Crippen LogP contribution is -2.56. The lowest BCUT2D eigenvalue weighted by molar-refractivity contribution is 0.520. The molecule has 1 aromatic carbocycles. The van der Waals surface area contributed by atoms with Gasteiger partial charge in [0.15, 0.2) is 0 Å². The molecule has 4 heteroatoms. The molecule has 0 atom stereocenters. The largest absolute Gasteiger partial charge is 0.367 e. The summed E-state index contributed by atoms with van der Waals surface area (Å²) in [4.78, 5) is 2.28. The van der Waals surface area contributed by atoms with Gasteiger partial charge in [-0.1, -0.05) is 12.1 Å². The van der Waals surface area contributed by atoms with E-state index < -0.39 is 0 Å². The average Bonchev–Trinajstić information content (AvgIpc) is 2.13. The summed E-state index contributed by atoms with van der Waals surface area (Å²) in [6.07, 6.45) is 0. The summed E-state index contributed by atoms with van der Waals surface area (Å²) in [6.45, 7) is 1.94. The zero-order chi connectivity index (χ0) is 9.26. The van der Waals surface area contributed by atoms with Crippen LogP contribution in [-0.2, 0) is 0 Å². The molecule has 3 N–H and O–H groups in total. The summed E-state index contributed by atoms with van der Waals surface area (Å²) in [7, 11) is 0.